The summed E-state index contributed by atoms with van der Waals surface area (Å²) in [7, 11) is -3.56. The number of fused-ring (bicyclic) bond motifs is 1. The molecule has 35 heavy (non-hydrogen) atoms. The summed E-state index contributed by atoms with van der Waals surface area (Å²) in [6.07, 6.45) is 7.19. The van der Waals surface area contributed by atoms with Crippen LogP contribution in [0.3, 0.4) is 0 Å². The van der Waals surface area contributed by atoms with Gasteiger partial charge in [0.15, 0.2) is 0 Å². The fourth-order valence-electron chi connectivity index (χ4n) is 5.68. The lowest BCUT2D eigenvalue weighted by molar-refractivity contribution is -0.117. The zero-order valence-corrected chi connectivity index (χ0v) is 21.4. The van der Waals surface area contributed by atoms with Crippen molar-refractivity contribution in [3.05, 3.63) is 48.0 Å². The van der Waals surface area contributed by atoms with Crippen LogP contribution in [0.5, 0.6) is 0 Å². The maximum Gasteiger partial charge on any atom is 0.246 e. The standard InChI is InChI=1S/C27H36N4O3S/c1-21-18-22-10-4-5-11-25(22)31(21)27(32)20-28-24-19-23(35(33,34)30-16-8-3-9-17-30)12-13-26(24)29-14-6-2-7-15-29/h4-5,10-13,19,21,28H,2-3,6-9,14-18,20H2,1H3/t21-/m0/s1. The molecule has 2 aromatic rings. The lowest BCUT2D eigenvalue weighted by Gasteiger charge is -2.32. The van der Waals surface area contributed by atoms with Gasteiger partial charge in [0.25, 0.3) is 0 Å². The number of rotatable bonds is 6. The van der Waals surface area contributed by atoms with Gasteiger partial charge in [0.05, 0.1) is 22.8 Å². The van der Waals surface area contributed by atoms with E-state index in [9.17, 15) is 13.2 Å². The number of nitrogens with zero attached hydrogens (tertiary/aromatic N) is 3. The smallest absolute Gasteiger partial charge is 0.246 e. The van der Waals surface area contributed by atoms with E-state index >= 15 is 0 Å². The van der Waals surface area contributed by atoms with Crippen LogP contribution in [0.1, 0.15) is 51.0 Å². The number of para-hydroxylation sites is 1. The Morgan fingerprint density at radius 2 is 1.60 bits per heavy atom. The summed E-state index contributed by atoms with van der Waals surface area (Å²) in [6.45, 7) is 5.22. The number of carbonyl (C=O) groups is 1. The molecule has 3 aliphatic rings. The molecule has 0 aliphatic carbocycles. The molecule has 0 aromatic heterocycles. The molecule has 2 aromatic carbocycles. The predicted octanol–water partition coefficient (Wildman–Crippen LogP) is 4.24. The number of anilines is 3. The van der Waals surface area contributed by atoms with Crippen molar-refractivity contribution in [2.75, 3.05) is 47.8 Å². The van der Waals surface area contributed by atoms with E-state index in [1.807, 2.05) is 29.2 Å². The van der Waals surface area contributed by atoms with E-state index < -0.39 is 10.0 Å². The van der Waals surface area contributed by atoms with Gasteiger partial charge in [-0.1, -0.05) is 24.6 Å². The van der Waals surface area contributed by atoms with Crippen molar-refractivity contribution in [1.29, 1.82) is 0 Å². The van der Waals surface area contributed by atoms with Gasteiger partial charge in [0.2, 0.25) is 15.9 Å². The Morgan fingerprint density at radius 3 is 2.34 bits per heavy atom. The second kappa shape index (κ2) is 10.2. The molecule has 0 saturated carbocycles. The molecule has 8 heteroatoms. The van der Waals surface area contributed by atoms with Crippen LogP contribution in [-0.4, -0.2) is 57.4 Å². The summed E-state index contributed by atoms with van der Waals surface area (Å²) in [5.74, 6) is -0.00339. The zero-order chi connectivity index (χ0) is 24.4. The van der Waals surface area contributed by atoms with E-state index in [0.717, 1.165) is 68.7 Å². The van der Waals surface area contributed by atoms with Gasteiger partial charge in [-0.3, -0.25) is 4.79 Å². The Kier molecular flexibility index (Phi) is 7.02. The third kappa shape index (κ3) is 4.91. The average molecular weight is 497 g/mol. The quantitative estimate of drug-likeness (QED) is 0.648. The van der Waals surface area contributed by atoms with Gasteiger partial charge in [-0.2, -0.15) is 4.31 Å². The number of hydrogen-bond acceptors (Lipinski definition) is 5. The summed E-state index contributed by atoms with van der Waals surface area (Å²) >= 11 is 0. The summed E-state index contributed by atoms with van der Waals surface area (Å²) < 4.78 is 28.3. The van der Waals surface area contributed by atoms with Crippen LogP contribution in [0.4, 0.5) is 17.1 Å². The van der Waals surface area contributed by atoms with Crippen LogP contribution in [0.15, 0.2) is 47.4 Å². The lowest BCUT2D eigenvalue weighted by Crippen LogP contribution is -2.39. The summed E-state index contributed by atoms with van der Waals surface area (Å²) in [5, 5.41) is 3.34. The normalized spacial score (nSPS) is 21.1. The second-order valence-corrected chi connectivity index (χ2v) is 11.9. The molecule has 7 nitrogen and oxygen atoms in total. The first-order chi connectivity index (χ1) is 16.9. The molecule has 0 radical (unpaired) electrons. The van der Waals surface area contributed by atoms with E-state index in [0.29, 0.717) is 18.0 Å². The van der Waals surface area contributed by atoms with Crippen LogP contribution >= 0.6 is 0 Å². The van der Waals surface area contributed by atoms with Gasteiger partial charge in [-0.15, -0.1) is 0 Å². The molecule has 1 amide bonds. The Morgan fingerprint density at radius 1 is 0.914 bits per heavy atom. The molecule has 3 aliphatic heterocycles. The molecule has 0 spiro atoms. The summed E-state index contributed by atoms with van der Waals surface area (Å²) in [4.78, 5) is 17.8. The van der Waals surface area contributed by atoms with Crippen molar-refractivity contribution in [3.63, 3.8) is 0 Å². The second-order valence-electron chi connectivity index (χ2n) is 9.99. The topological polar surface area (TPSA) is 73.0 Å². The molecule has 1 N–H and O–H groups in total. The van der Waals surface area contributed by atoms with Gasteiger partial charge in [0.1, 0.15) is 0 Å². The largest absolute Gasteiger partial charge is 0.374 e. The maximum atomic E-state index is 13.4. The number of benzene rings is 2. The highest BCUT2D eigenvalue weighted by atomic mass is 32.2. The van der Waals surface area contributed by atoms with Gasteiger partial charge in [-0.05, 0) is 75.3 Å². The van der Waals surface area contributed by atoms with E-state index in [2.05, 4.69) is 23.2 Å². The van der Waals surface area contributed by atoms with E-state index in [1.165, 1.54) is 12.0 Å². The molecule has 5 rings (SSSR count). The van der Waals surface area contributed by atoms with Crippen molar-refractivity contribution in [3.8, 4) is 0 Å². The molecule has 2 fully saturated rings. The molecular formula is C27H36N4O3S. The van der Waals surface area contributed by atoms with Crippen molar-refractivity contribution in [1.82, 2.24) is 4.31 Å². The summed E-state index contributed by atoms with van der Waals surface area (Å²) in [6, 6.07) is 13.6. The first-order valence-electron chi connectivity index (χ1n) is 13.0. The third-order valence-electron chi connectivity index (χ3n) is 7.52. The Hall–Kier alpha value is -2.58. The molecule has 188 valence electrons. The predicted molar refractivity (Wildman–Crippen MR) is 141 cm³/mol. The van der Waals surface area contributed by atoms with Gasteiger partial charge >= 0.3 is 0 Å². The van der Waals surface area contributed by atoms with Crippen LogP contribution in [0.2, 0.25) is 0 Å². The van der Waals surface area contributed by atoms with Crippen LogP contribution in [0, 0.1) is 0 Å². The number of nitrogens with one attached hydrogen (secondary N) is 1. The number of amides is 1. The van der Waals surface area contributed by atoms with Crippen molar-refractivity contribution >= 4 is 33.0 Å². The van der Waals surface area contributed by atoms with E-state index in [-0.39, 0.29) is 18.5 Å². The number of piperidine rings is 2. The number of hydrogen-bond donors (Lipinski definition) is 1. The van der Waals surface area contributed by atoms with Crippen LogP contribution in [-0.2, 0) is 21.2 Å². The van der Waals surface area contributed by atoms with E-state index in [1.54, 1.807) is 16.4 Å². The SMILES string of the molecule is C[C@H]1Cc2ccccc2N1C(=O)CNc1cc(S(=O)(=O)N2CCCCC2)ccc1N1CCCCC1. The van der Waals surface area contributed by atoms with Crippen LogP contribution in [0.25, 0.3) is 0 Å². The Bertz CT molecular complexity index is 1170. The molecular weight excluding hydrogens is 460 g/mol. The van der Waals surface area contributed by atoms with Crippen LogP contribution < -0.4 is 15.1 Å². The molecule has 1 atom stereocenters. The maximum absolute atomic E-state index is 13.4. The lowest BCUT2D eigenvalue weighted by atomic mass is 10.1. The highest BCUT2D eigenvalue weighted by Gasteiger charge is 2.31. The Balaban J connectivity index is 1.40. The van der Waals surface area contributed by atoms with Crippen molar-refractivity contribution in [2.45, 2.75) is 62.8 Å². The molecule has 0 unspecified atom stereocenters. The first-order valence-corrected chi connectivity index (χ1v) is 14.4. The molecule has 3 heterocycles. The Labute approximate surface area is 209 Å². The first kappa shape index (κ1) is 24.1. The van der Waals surface area contributed by atoms with E-state index in [4.69, 9.17) is 0 Å². The minimum atomic E-state index is -3.56. The molecule has 2 saturated heterocycles. The average Bonchev–Trinajstić information content (AvgIpc) is 3.24. The van der Waals surface area contributed by atoms with Gasteiger partial charge < -0.3 is 15.1 Å². The van der Waals surface area contributed by atoms with Crippen molar-refractivity contribution < 1.29 is 13.2 Å². The molecule has 0 bridgehead atoms. The zero-order valence-electron chi connectivity index (χ0n) is 20.6. The third-order valence-corrected chi connectivity index (χ3v) is 9.42. The van der Waals surface area contributed by atoms with Gasteiger partial charge in [0, 0.05) is 37.9 Å². The minimum Gasteiger partial charge on any atom is -0.374 e. The number of carbonyl (C=O) groups excluding carboxylic acids is 1. The number of sulfonamides is 1. The minimum absolute atomic E-state index is 0.00339. The fourth-order valence-corrected chi connectivity index (χ4v) is 7.23. The van der Waals surface area contributed by atoms with Crippen molar-refractivity contribution in [2.24, 2.45) is 0 Å². The monoisotopic (exact) mass is 496 g/mol. The summed E-state index contributed by atoms with van der Waals surface area (Å²) in [5.41, 5.74) is 3.87. The highest BCUT2D eigenvalue weighted by Crippen LogP contribution is 2.34. The highest BCUT2D eigenvalue weighted by molar-refractivity contribution is 7.89. The fraction of sp³-hybridized carbons (Fsp3) is 0.519. The van der Waals surface area contributed by atoms with Gasteiger partial charge in [-0.25, -0.2) is 8.42 Å².